The van der Waals surface area contributed by atoms with E-state index < -0.39 is 0 Å². The molecule has 0 unspecified atom stereocenters. The van der Waals surface area contributed by atoms with E-state index in [0.29, 0.717) is 32.8 Å². The van der Waals surface area contributed by atoms with Crippen molar-refractivity contribution < 1.29 is 14.3 Å². The van der Waals surface area contributed by atoms with Crippen LogP contribution in [-0.2, 0) is 4.74 Å². The number of carbonyl (C=O) groups excluding carboxylic acids is 2. The van der Waals surface area contributed by atoms with Gasteiger partial charge in [0.1, 0.15) is 0 Å². The van der Waals surface area contributed by atoms with Gasteiger partial charge in [-0.25, -0.2) is 9.59 Å². The first-order valence-corrected chi connectivity index (χ1v) is 9.87. The molecule has 0 atom stereocenters. The van der Waals surface area contributed by atoms with Gasteiger partial charge in [-0.05, 0) is 31.2 Å². The number of piperazine rings is 1. The molecular formula is C20H21N3O3S. The second-order valence-corrected chi connectivity index (χ2v) is 7.41. The second kappa shape index (κ2) is 7.52. The van der Waals surface area contributed by atoms with Gasteiger partial charge in [0.25, 0.3) is 0 Å². The molecule has 0 N–H and O–H groups in total. The zero-order chi connectivity index (χ0) is 18.8. The molecule has 4 rings (SSSR count). The average Bonchev–Trinajstić information content (AvgIpc) is 2.72. The minimum Gasteiger partial charge on any atom is -0.450 e. The number of urea groups is 1. The average molecular weight is 383 g/mol. The lowest BCUT2D eigenvalue weighted by molar-refractivity contribution is 0.0863. The third-order valence-electron chi connectivity index (χ3n) is 4.70. The summed E-state index contributed by atoms with van der Waals surface area (Å²) in [4.78, 5) is 32.7. The van der Waals surface area contributed by atoms with Crippen molar-refractivity contribution >= 4 is 35.3 Å². The Balaban J connectivity index is 1.57. The molecule has 2 aliphatic heterocycles. The van der Waals surface area contributed by atoms with E-state index in [1.165, 1.54) is 0 Å². The van der Waals surface area contributed by atoms with Gasteiger partial charge in [0.2, 0.25) is 0 Å². The first-order chi connectivity index (χ1) is 13.2. The van der Waals surface area contributed by atoms with E-state index in [2.05, 4.69) is 0 Å². The molecule has 1 saturated heterocycles. The van der Waals surface area contributed by atoms with Gasteiger partial charge in [-0.1, -0.05) is 36.0 Å². The van der Waals surface area contributed by atoms with Gasteiger partial charge in [0.15, 0.2) is 0 Å². The van der Waals surface area contributed by atoms with Crippen LogP contribution in [0.2, 0.25) is 0 Å². The summed E-state index contributed by atoms with van der Waals surface area (Å²) in [5, 5.41) is 0. The summed E-state index contributed by atoms with van der Waals surface area (Å²) >= 11 is 1.68. The van der Waals surface area contributed by atoms with Gasteiger partial charge >= 0.3 is 12.1 Å². The summed E-state index contributed by atoms with van der Waals surface area (Å²) in [5.74, 6) is 0. The predicted octanol–water partition coefficient (Wildman–Crippen LogP) is 4.18. The SMILES string of the molecule is CCOC(=O)N1CCN(C(=O)N2c3ccccc3Sc3ccccc32)CC1. The Morgan fingerprint density at radius 3 is 1.96 bits per heavy atom. The summed E-state index contributed by atoms with van der Waals surface area (Å²) in [7, 11) is 0. The van der Waals surface area contributed by atoms with Gasteiger partial charge in [-0.3, -0.25) is 4.90 Å². The Hall–Kier alpha value is -2.67. The van der Waals surface area contributed by atoms with Crippen molar-refractivity contribution in [1.29, 1.82) is 0 Å². The van der Waals surface area contributed by atoms with Crippen molar-refractivity contribution in [3.05, 3.63) is 48.5 Å². The van der Waals surface area contributed by atoms with E-state index in [-0.39, 0.29) is 12.1 Å². The Kier molecular flexibility index (Phi) is 4.94. The highest BCUT2D eigenvalue weighted by molar-refractivity contribution is 7.99. The van der Waals surface area contributed by atoms with Crippen LogP contribution in [0.15, 0.2) is 58.3 Å². The van der Waals surface area contributed by atoms with Crippen LogP contribution in [0.25, 0.3) is 0 Å². The highest BCUT2D eigenvalue weighted by Crippen LogP contribution is 2.48. The molecule has 3 amide bonds. The molecule has 0 radical (unpaired) electrons. The largest absolute Gasteiger partial charge is 0.450 e. The summed E-state index contributed by atoms with van der Waals surface area (Å²) in [6.45, 7) is 4.10. The lowest BCUT2D eigenvalue weighted by Crippen LogP contribution is -2.53. The zero-order valence-corrected chi connectivity index (χ0v) is 15.9. The monoisotopic (exact) mass is 383 g/mol. The van der Waals surface area contributed by atoms with Gasteiger partial charge in [-0.2, -0.15) is 0 Å². The minimum absolute atomic E-state index is 0.0568. The summed E-state index contributed by atoms with van der Waals surface area (Å²) in [5.41, 5.74) is 1.80. The third kappa shape index (κ3) is 3.35. The lowest BCUT2D eigenvalue weighted by atomic mass is 10.2. The van der Waals surface area contributed by atoms with Crippen LogP contribution in [0.3, 0.4) is 0 Å². The number of carbonyl (C=O) groups is 2. The first kappa shape index (κ1) is 17.7. The number of anilines is 2. The molecule has 2 aliphatic rings. The Labute approximate surface area is 162 Å². The molecule has 0 spiro atoms. The molecule has 27 heavy (non-hydrogen) atoms. The van der Waals surface area contributed by atoms with Crippen molar-refractivity contribution in [3.63, 3.8) is 0 Å². The van der Waals surface area contributed by atoms with Crippen LogP contribution in [-0.4, -0.2) is 54.7 Å². The second-order valence-electron chi connectivity index (χ2n) is 6.33. The third-order valence-corrected chi connectivity index (χ3v) is 5.83. The smallest absolute Gasteiger partial charge is 0.409 e. The molecule has 140 valence electrons. The Bertz CT molecular complexity index is 820. The molecule has 1 fully saturated rings. The van der Waals surface area contributed by atoms with Gasteiger partial charge in [0.05, 0.1) is 18.0 Å². The fraction of sp³-hybridized carbons (Fsp3) is 0.300. The molecule has 0 aliphatic carbocycles. The zero-order valence-electron chi connectivity index (χ0n) is 15.1. The van der Waals surface area contributed by atoms with Crippen molar-refractivity contribution in [2.75, 3.05) is 37.7 Å². The van der Waals surface area contributed by atoms with E-state index >= 15 is 0 Å². The number of para-hydroxylation sites is 2. The molecule has 2 aromatic rings. The van der Waals surface area contributed by atoms with Gasteiger partial charge in [-0.15, -0.1) is 0 Å². The maximum Gasteiger partial charge on any atom is 0.409 e. The summed E-state index contributed by atoms with van der Waals surface area (Å²) in [6.07, 6.45) is -0.310. The number of ether oxygens (including phenoxy) is 1. The Morgan fingerprint density at radius 2 is 1.41 bits per heavy atom. The van der Waals surface area contributed by atoms with Crippen LogP contribution in [0, 0.1) is 0 Å². The fourth-order valence-corrected chi connectivity index (χ4v) is 4.41. The molecule has 2 heterocycles. The molecule has 0 saturated carbocycles. The van der Waals surface area contributed by atoms with Crippen molar-refractivity contribution in [3.8, 4) is 0 Å². The molecule has 0 aromatic heterocycles. The Morgan fingerprint density at radius 1 is 0.889 bits per heavy atom. The van der Waals surface area contributed by atoms with Crippen LogP contribution >= 0.6 is 11.8 Å². The lowest BCUT2D eigenvalue weighted by Gasteiger charge is -2.39. The number of nitrogens with zero attached hydrogens (tertiary/aromatic N) is 3. The summed E-state index contributed by atoms with van der Waals surface area (Å²) in [6, 6.07) is 15.8. The number of amides is 3. The van der Waals surface area contributed by atoms with Crippen LogP contribution < -0.4 is 4.90 Å². The van der Waals surface area contributed by atoms with Crippen LogP contribution in [0.4, 0.5) is 21.0 Å². The van der Waals surface area contributed by atoms with E-state index in [4.69, 9.17) is 4.74 Å². The standard InChI is InChI=1S/C20H21N3O3S/c1-2-26-20(25)22-13-11-21(12-14-22)19(24)23-15-7-3-5-9-17(15)27-18-10-6-4-8-16(18)23/h3-10H,2,11-14H2,1H3. The number of benzene rings is 2. The van der Waals surface area contributed by atoms with Crippen molar-refractivity contribution in [2.24, 2.45) is 0 Å². The topological polar surface area (TPSA) is 53.1 Å². The minimum atomic E-state index is -0.310. The van der Waals surface area contributed by atoms with E-state index in [1.54, 1.807) is 33.4 Å². The highest BCUT2D eigenvalue weighted by Gasteiger charge is 2.33. The van der Waals surface area contributed by atoms with E-state index in [9.17, 15) is 9.59 Å². The fourth-order valence-electron chi connectivity index (χ4n) is 3.35. The van der Waals surface area contributed by atoms with Crippen LogP contribution in [0.5, 0.6) is 0 Å². The van der Waals surface area contributed by atoms with E-state index in [1.807, 2.05) is 48.5 Å². The maximum absolute atomic E-state index is 13.4. The first-order valence-electron chi connectivity index (χ1n) is 9.05. The molecule has 7 heteroatoms. The molecule has 6 nitrogen and oxygen atoms in total. The van der Waals surface area contributed by atoms with Crippen molar-refractivity contribution in [1.82, 2.24) is 9.80 Å². The quantitative estimate of drug-likeness (QED) is 0.741. The van der Waals surface area contributed by atoms with Crippen LogP contribution in [0.1, 0.15) is 6.92 Å². The van der Waals surface area contributed by atoms with E-state index in [0.717, 1.165) is 21.2 Å². The molecular weight excluding hydrogens is 362 g/mol. The van der Waals surface area contributed by atoms with Crippen molar-refractivity contribution in [2.45, 2.75) is 16.7 Å². The number of rotatable bonds is 1. The number of fused-ring (bicyclic) bond motifs is 2. The normalized spacial score (nSPS) is 15.8. The highest BCUT2D eigenvalue weighted by atomic mass is 32.2. The van der Waals surface area contributed by atoms with Gasteiger partial charge in [0, 0.05) is 36.0 Å². The number of hydrogen-bond acceptors (Lipinski definition) is 4. The maximum atomic E-state index is 13.4. The van der Waals surface area contributed by atoms with Gasteiger partial charge < -0.3 is 14.5 Å². The summed E-state index contributed by atoms with van der Waals surface area (Å²) < 4.78 is 5.06. The number of hydrogen-bond donors (Lipinski definition) is 0. The predicted molar refractivity (Wildman–Crippen MR) is 105 cm³/mol. The molecule has 2 aromatic carbocycles. The molecule has 0 bridgehead atoms.